The van der Waals surface area contributed by atoms with Crippen molar-refractivity contribution < 1.29 is 14.3 Å². The highest BCUT2D eigenvalue weighted by Gasteiger charge is 2.16. The molecule has 0 aliphatic heterocycles. The van der Waals surface area contributed by atoms with Gasteiger partial charge in [0.15, 0.2) is 0 Å². The lowest BCUT2D eigenvalue weighted by atomic mass is 10.2. The molecule has 0 atom stereocenters. The van der Waals surface area contributed by atoms with Crippen LogP contribution in [0.15, 0.2) is 42.5 Å². The zero-order valence-corrected chi connectivity index (χ0v) is 14.3. The van der Waals surface area contributed by atoms with E-state index in [1.165, 1.54) is 20.0 Å². The highest BCUT2D eigenvalue weighted by Crippen LogP contribution is 2.27. The van der Waals surface area contributed by atoms with Gasteiger partial charge >= 0.3 is 0 Å². The van der Waals surface area contributed by atoms with E-state index in [0.717, 1.165) is 18.6 Å². The second kappa shape index (κ2) is 7.58. The number of hydrogen-bond donors (Lipinski definition) is 1. The fourth-order valence-electron chi connectivity index (χ4n) is 2.83. The van der Waals surface area contributed by atoms with Gasteiger partial charge in [-0.1, -0.05) is 11.6 Å². The predicted octanol–water partition coefficient (Wildman–Crippen LogP) is 4.92. The molecule has 2 aromatic carbocycles. The summed E-state index contributed by atoms with van der Waals surface area (Å²) in [6, 6.07) is 12.4. The minimum Gasteiger partial charge on any atom is -0.495 e. The smallest absolute Gasteiger partial charge is 0.255 e. The van der Waals surface area contributed by atoms with Gasteiger partial charge < -0.3 is 14.8 Å². The minimum absolute atomic E-state index is 0.219. The number of nitrogens with one attached hydrogen (secondary N) is 1. The number of halogens is 1. The maximum Gasteiger partial charge on any atom is 0.255 e. The van der Waals surface area contributed by atoms with E-state index in [2.05, 4.69) is 5.32 Å². The van der Waals surface area contributed by atoms with Crippen LogP contribution in [0.4, 0.5) is 5.69 Å². The van der Waals surface area contributed by atoms with Crippen LogP contribution in [0, 0.1) is 0 Å². The fourth-order valence-corrected chi connectivity index (χ4v) is 3.08. The lowest BCUT2D eigenvalue weighted by molar-refractivity contribution is 0.102. The first kappa shape index (κ1) is 16.7. The van der Waals surface area contributed by atoms with Gasteiger partial charge in [-0.15, -0.1) is 0 Å². The summed E-state index contributed by atoms with van der Waals surface area (Å²) in [7, 11) is 1.54. The van der Waals surface area contributed by atoms with Crippen molar-refractivity contribution in [2.45, 2.75) is 31.8 Å². The number of hydrogen-bond acceptors (Lipinski definition) is 3. The topological polar surface area (TPSA) is 47.6 Å². The normalized spacial score (nSPS) is 14.4. The molecule has 1 N–H and O–H groups in total. The van der Waals surface area contributed by atoms with Gasteiger partial charge in [-0.05, 0) is 68.1 Å². The SMILES string of the molecule is COc1ccc(C(=O)Nc2ccc(OC3CCCC3)cc2)cc1Cl. The molecule has 5 heteroatoms. The summed E-state index contributed by atoms with van der Waals surface area (Å²) in [5, 5.41) is 3.26. The van der Waals surface area contributed by atoms with Crippen molar-refractivity contribution in [1.82, 2.24) is 0 Å². The molecule has 4 nitrogen and oxygen atoms in total. The zero-order valence-electron chi connectivity index (χ0n) is 13.5. The van der Waals surface area contributed by atoms with Gasteiger partial charge in [0.05, 0.1) is 18.2 Å². The van der Waals surface area contributed by atoms with E-state index >= 15 is 0 Å². The molecule has 0 aromatic heterocycles. The molecule has 126 valence electrons. The summed E-state index contributed by atoms with van der Waals surface area (Å²) in [5.74, 6) is 1.16. The van der Waals surface area contributed by atoms with Crippen molar-refractivity contribution in [3.8, 4) is 11.5 Å². The molecule has 1 fully saturated rings. The van der Waals surface area contributed by atoms with E-state index in [4.69, 9.17) is 21.1 Å². The van der Waals surface area contributed by atoms with Gasteiger partial charge in [0, 0.05) is 11.3 Å². The Morgan fingerprint density at radius 2 is 1.83 bits per heavy atom. The maximum atomic E-state index is 12.3. The Balaban J connectivity index is 1.62. The van der Waals surface area contributed by atoms with Crippen LogP contribution in [0.1, 0.15) is 36.0 Å². The Morgan fingerprint density at radius 1 is 1.12 bits per heavy atom. The summed E-state index contributed by atoms with van der Waals surface area (Å²) in [6.07, 6.45) is 5.05. The number of benzene rings is 2. The molecule has 1 saturated carbocycles. The summed E-state index contributed by atoms with van der Waals surface area (Å²) < 4.78 is 11.0. The standard InChI is InChI=1S/C19H20ClNO3/c1-23-18-11-6-13(12-17(18)20)19(22)21-14-7-9-16(10-8-14)24-15-4-2-3-5-15/h6-12,15H,2-5H2,1H3,(H,21,22). The van der Waals surface area contributed by atoms with E-state index in [1.54, 1.807) is 18.2 Å². The van der Waals surface area contributed by atoms with E-state index in [9.17, 15) is 4.79 Å². The Kier molecular flexibility index (Phi) is 5.26. The minimum atomic E-state index is -0.219. The quantitative estimate of drug-likeness (QED) is 0.836. The first-order valence-corrected chi connectivity index (χ1v) is 8.45. The second-order valence-corrected chi connectivity index (χ2v) is 6.26. The summed E-state index contributed by atoms with van der Waals surface area (Å²) >= 11 is 6.06. The van der Waals surface area contributed by atoms with Crippen molar-refractivity contribution in [1.29, 1.82) is 0 Å². The van der Waals surface area contributed by atoms with Gasteiger partial charge in [0.25, 0.3) is 5.91 Å². The van der Waals surface area contributed by atoms with Gasteiger partial charge in [-0.3, -0.25) is 4.79 Å². The molecule has 1 aliphatic carbocycles. The first-order valence-electron chi connectivity index (χ1n) is 8.07. The highest BCUT2D eigenvalue weighted by atomic mass is 35.5. The zero-order chi connectivity index (χ0) is 16.9. The molecule has 1 amide bonds. The van der Waals surface area contributed by atoms with Crippen LogP contribution < -0.4 is 14.8 Å². The van der Waals surface area contributed by atoms with Gasteiger partial charge in [0.1, 0.15) is 11.5 Å². The lowest BCUT2D eigenvalue weighted by Crippen LogP contribution is -2.12. The van der Waals surface area contributed by atoms with Crippen LogP contribution in [-0.2, 0) is 0 Å². The highest BCUT2D eigenvalue weighted by molar-refractivity contribution is 6.32. The number of anilines is 1. The van der Waals surface area contributed by atoms with E-state index < -0.39 is 0 Å². The van der Waals surface area contributed by atoms with Crippen LogP contribution in [-0.4, -0.2) is 19.1 Å². The molecule has 3 rings (SSSR count). The number of amides is 1. The Morgan fingerprint density at radius 3 is 2.46 bits per heavy atom. The number of ether oxygens (including phenoxy) is 2. The van der Waals surface area contributed by atoms with Crippen molar-refractivity contribution in [3.63, 3.8) is 0 Å². The van der Waals surface area contributed by atoms with Crippen LogP contribution in [0.3, 0.4) is 0 Å². The third kappa shape index (κ3) is 4.01. The predicted molar refractivity (Wildman–Crippen MR) is 95.3 cm³/mol. The molecular formula is C19H20ClNO3. The van der Waals surface area contributed by atoms with Gasteiger partial charge in [0.2, 0.25) is 0 Å². The van der Waals surface area contributed by atoms with Crippen LogP contribution in [0.2, 0.25) is 5.02 Å². The van der Waals surface area contributed by atoms with Crippen molar-refractivity contribution in [3.05, 3.63) is 53.1 Å². The number of methoxy groups -OCH3 is 1. The number of rotatable bonds is 5. The first-order chi connectivity index (χ1) is 11.7. The number of carbonyl (C=O) groups excluding carboxylic acids is 1. The largest absolute Gasteiger partial charge is 0.495 e. The molecule has 0 spiro atoms. The lowest BCUT2D eigenvalue weighted by Gasteiger charge is -2.13. The average Bonchev–Trinajstić information content (AvgIpc) is 3.09. The van der Waals surface area contributed by atoms with Gasteiger partial charge in [-0.2, -0.15) is 0 Å². The molecule has 0 radical (unpaired) electrons. The van der Waals surface area contributed by atoms with Crippen LogP contribution >= 0.6 is 11.6 Å². The van der Waals surface area contributed by atoms with Crippen LogP contribution in [0.5, 0.6) is 11.5 Å². The van der Waals surface area contributed by atoms with Crippen LogP contribution in [0.25, 0.3) is 0 Å². The second-order valence-electron chi connectivity index (χ2n) is 5.85. The molecular weight excluding hydrogens is 326 g/mol. The maximum absolute atomic E-state index is 12.3. The Labute approximate surface area is 146 Å². The third-order valence-electron chi connectivity index (χ3n) is 4.13. The van der Waals surface area contributed by atoms with E-state index in [0.29, 0.717) is 28.1 Å². The Hall–Kier alpha value is -2.20. The number of carbonyl (C=O) groups is 1. The molecule has 24 heavy (non-hydrogen) atoms. The molecule has 0 bridgehead atoms. The van der Waals surface area contributed by atoms with Crippen molar-refractivity contribution in [2.24, 2.45) is 0 Å². The molecule has 2 aromatic rings. The molecule has 0 heterocycles. The summed E-state index contributed by atoms with van der Waals surface area (Å²) in [5.41, 5.74) is 1.19. The summed E-state index contributed by atoms with van der Waals surface area (Å²) in [6.45, 7) is 0. The third-order valence-corrected chi connectivity index (χ3v) is 4.43. The molecule has 1 aliphatic rings. The average molecular weight is 346 g/mol. The molecule has 0 saturated heterocycles. The summed E-state index contributed by atoms with van der Waals surface area (Å²) in [4.78, 5) is 12.3. The van der Waals surface area contributed by atoms with Gasteiger partial charge in [-0.25, -0.2) is 0 Å². The monoisotopic (exact) mass is 345 g/mol. The fraction of sp³-hybridized carbons (Fsp3) is 0.316. The molecule has 0 unspecified atom stereocenters. The van der Waals surface area contributed by atoms with E-state index in [-0.39, 0.29) is 5.91 Å². The van der Waals surface area contributed by atoms with Crippen molar-refractivity contribution in [2.75, 3.05) is 12.4 Å². The Bertz CT molecular complexity index is 709. The van der Waals surface area contributed by atoms with Crippen molar-refractivity contribution >= 4 is 23.2 Å². The van der Waals surface area contributed by atoms with E-state index in [1.807, 2.05) is 24.3 Å².